The summed E-state index contributed by atoms with van der Waals surface area (Å²) in [4.78, 5) is 30.5. The summed E-state index contributed by atoms with van der Waals surface area (Å²) < 4.78 is 53.5. The van der Waals surface area contributed by atoms with E-state index >= 15 is 0 Å². The van der Waals surface area contributed by atoms with Crippen molar-refractivity contribution in [2.24, 2.45) is 0 Å². The first-order valence-corrected chi connectivity index (χ1v) is 11.8. The third-order valence-electron chi connectivity index (χ3n) is 4.65. The maximum absolute atomic E-state index is 13.4. The van der Waals surface area contributed by atoms with Crippen molar-refractivity contribution in [1.29, 1.82) is 0 Å². The van der Waals surface area contributed by atoms with Crippen LogP contribution in [0.15, 0.2) is 57.3 Å². The molecule has 33 heavy (non-hydrogen) atoms. The number of nitrogens with zero attached hydrogens (tertiary/aromatic N) is 2. The van der Waals surface area contributed by atoms with Crippen molar-refractivity contribution in [3.05, 3.63) is 74.9 Å². The molecule has 2 aromatic carbocycles. The van der Waals surface area contributed by atoms with Crippen LogP contribution in [-0.2, 0) is 17.4 Å². The van der Waals surface area contributed by atoms with Gasteiger partial charge in [-0.25, -0.2) is 9.37 Å². The van der Waals surface area contributed by atoms with Gasteiger partial charge >= 0.3 is 6.18 Å². The van der Waals surface area contributed by atoms with E-state index in [1.807, 2.05) is 0 Å². The van der Waals surface area contributed by atoms with E-state index < -0.39 is 23.5 Å². The first-order chi connectivity index (χ1) is 15.6. The molecule has 0 saturated carbocycles. The van der Waals surface area contributed by atoms with Gasteiger partial charge in [-0.2, -0.15) is 13.2 Å². The maximum Gasteiger partial charge on any atom is 0.416 e. The summed E-state index contributed by atoms with van der Waals surface area (Å²) in [5.74, 6) is -0.645. The molecule has 0 radical (unpaired) electrons. The molecule has 0 bridgehead atoms. The number of thioether (sulfide) groups is 2. The van der Waals surface area contributed by atoms with Crippen LogP contribution in [0.5, 0.6) is 0 Å². The van der Waals surface area contributed by atoms with E-state index in [4.69, 9.17) is 11.6 Å². The van der Waals surface area contributed by atoms with Crippen LogP contribution in [0.25, 0.3) is 5.69 Å². The Balaban J connectivity index is 1.59. The molecule has 1 amide bonds. The molecular weight excluding hydrogens is 502 g/mol. The summed E-state index contributed by atoms with van der Waals surface area (Å²) in [7, 11) is 0. The number of nitrogens with one attached hydrogen (secondary N) is 1. The van der Waals surface area contributed by atoms with E-state index in [2.05, 4.69) is 10.3 Å². The van der Waals surface area contributed by atoms with E-state index in [0.29, 0.717) is 28.5 Å². The lowest BCUT2D eigenvalue weighted by Gasteiger charge is -2.14. The highest BCUT2D eigenvalue weighted by Gasteiger charge is 2.31. The fourth-order valence-corrected chi connectivity index (χ4v) is 5.14. The summed E-state index contributed by atoms with van der Waals surface area (Å²) >= 11 is 8.25. The number of hydrogen-bond acceptors (Lipinski definition) is 5. The fourth-order valence-electron chi connectivity index (χ4n) is 3.12. The Bertz CT molecular complexity index is 1280. The van der Waals surface area contributed by atoms with Crippen LogP contribution in [0.2, 0.25) is 5.02 Å². The Morgan fingerprint density at radius 3 is 2.64 bits per heavy atom. The molecule has 0 unspecified atom stereocenters. The zero-order chi connectivity index (χ0) is 23.8. The van der Waals surface area contributed by atoms with Crippen LogP contribution in [-0.4, -0.2) is 27.0 Å². The van der Waals surface area contributed by atoms with Crippen LogP contribution in [0, 0.1) is 5.82 Å². The minimum absolute atomic E-state index is 0.0442. The van der Waals surface area contributed by atoms with Crippen molar-refractivity contribution in [3.63, 3.8) is 0 Å². The van der Waals surface area contributed by atoms with Crippen LogP contribution in [0.3, 0.4) is 0 Å². The predicted octanol–water partition coefficient (Wildman–Crippen LogP) is 5.42. The predicted molar refractivity (Wildman–Crippen MR) is 120 cm³/mol. The van der Waals surface area contributed by atoms with Gasteiger partial charge in [0, 0.05) is 12.2 Å². The van der Waals surface area contributed by atoms with E-state index in [1.54, 1.807) is 0 Å². The zero-order valence-corrected chi connectivity index (χ0v) is 19.0. The summed E-state index contributed by atoms with van der Waals surface area (Å²) in [5.41, 5.74) is -0.442. The molecule has 1 N–H and O–H groups in total. The van der Waals surface area contributed by atoms with Crippen molar-refractivity contribution in [3.8, 4) is 5.69 Å². The highest BCUT2D eigenvalue weighted by atomic mass is 35.5. The monoisotopic (exact) mass is 515 g/mol. The van der Waals surface area contributed by atoms with Gasteiger partial charge in [-0.15, -0.1) is 11.8 Å². The lowest BCUT2D eigenvalue weighted by Crippen LogP contribution is -2.24. The minimum Gasteiger partial charge on any atom is -0.324 e. The van der Waals surface area contributed by atoms with Crippen molar-refractivity contribution in [2.45, 2.75) is 22.6 Å². The topological polar surface area (TPSA) is 64.0 Å². The largest absolute Gasteiger partial charge is 0.416 e. The normalized spacial score (nSPS) is 13.1. The number of aromatic nitrogens is 2. The highest BCUT2D eigenvalue weighted by molar-refractivity contribution is 8.00. The molecule has 5 nitrogen and oxygen atoms in total. The van der Waals surface area contributed by atoms with E-state index in [9.17, 15) is 27.2 Å². The zero-order valence-electron chi connectivity index (χ0n) is 16.6. The van der Waals surface area contributed by atoms with Gasteiger partial charge < -0.3 is 5.32 Å². The fraction of sp³-hybridized carbons (Fsp3) is 0.190. The van der Waals surface area contributed by atoms with Gasteiger partial charge in [0.25, 0.3) is 5.56 Å². The molecule has 0 spiro atoms. The average molecular weight is 516 g/mol. The number of halogens is 5. The van der Waals surface area contributed by atoms with Crippen LogP contribution in [0.4, 0.5) is 23.2 Å². The quantitative estimate of drug-likeness (QED) is 0.279. The minimum atomic E-state index is -4.59. The van der Waals surface area contributed by atoms with Gasteiger partial charge in [0.2, 0.25) is 5.91 Å². The molecule has 4 rings (SSSR count). The van der Waals surface area contributed by atoms with Gasteiger partial charge in [-0.1, -0.05) is 23.4 Å². The second-order valence-corrected chi connectivity index (χ2v) is 9.37. The van der Waals surface area contributed by atoms with Gasteiger partial charge in [0.1, 0.15) is 5.82 Å². The number of rotatable bonds is 5. The number of carbonyl (C=O) groups excluding carboxylic acids is 1. The molecule has 12 heteroatoms. The lowest BCUT2D eigenvalue weighted by molar-refractivity contribution is -0.137. The number of amides is 1. The summed E-state index contributed by atoms with van der Waals surface area (Å²) in [5, 5.41) is 2.54. The average Bonchev–Trinajstić information content (AvgIpc) is 3.23. The second kappa shape index (κ2) is 9.40. The van der Waals surface area contributed by atoms with Gasteiger partial charge in [-0.05, 0) is 42.5 Å². The second-order valence-electron chi connectivity index (χ2n) is 6.91. The number of benzene rings is 2. The number of anilines is 1. The molecule has 1 aromatic heterocycles. The lowest BCUT2D eigenvalue weighted by atomic mass is 10.2. The Morgan fingerprint density at radius 1 is 1.21 bits per heavy atom. The Hall–Kier alpha value is -2.50. The molecule has 0 aliphatic carbocycles. The third-order valence-corrected chi connectivity index (χ3v) is 7.03. The number of fused-ring (bicyclic) bond motifs is 1. The number of hydrogen-bond donors (Lipinski definition) is 1. The standard InChI is InChI=1S/C21H14ClF4N3O2S2/c22-14-6-1-11(21(24,25)26)9-16(14)27-17(30)10-33-20-28-15-7-8-32-18(15)19(31)29(20)13-4-2-12(23)3-5-13/h1-6,9H,7-8,10H2,(H,27,30). The SMILES string of the molecule is O=C(CSc1nc2c(c(=O)n1-c1ccc(F)cc1)SCC2)Nc1cc(C(F)(F)F)ccc1Cl. The number of carbonyl (C=O) groups is 1. The maximum atomic E-state index is 13.4. The molecule has 1 aliphatic rings. The molecule has 0 saturated heterocycles. The smallest absolute Gasteiger partial charge is 0.324 e. The number of aryl methyl sites for hydroxylation is 1. The number of alkyl halides is 3. The molecule has 2 heterocycles. The van der Waals surface area contributed by atoms with E-state index in [-0.39, 0.29) is 27.2 Å². The molecular formula is C21H14ClF4N3O2S2. The van der Waals surface area contributed by atoms with Crippen molar-refractivity contribution in [2.75, 3.05) is 16.8 Å². The van der Waals surface area contributed by atoms with Crippen LogP contribution in [0.1, 0.15) is 11.3 Å². The molecule has 1 aliphatic heterocycles. The first kappa shape index (κ1) is 23.7. The van der Waals surface area contributed by atoms with Crippen LogP contribution < -0.4 is 10.9 Å². The first-order valence-electron chi connectivity index (χ1n) is 9.47. The third kappa shape index (κ3) is 5.20. The van der Waals surface area contributed by atoms with Gasteiger partial charge in [0.15, 0.2) is 5.16 Å². The molecule has 3 aromatic rings. The van der Waals surface area contributed by atoms with E-state index in [1.165, 1.54) is 40.6 Å². The summed E-state index contributed by atoms with van der Waals surface area (Å²) in [6.07, 6.45) is -3.99. The summed E-state index contributed by atoms with van der Waals surface area (Å²) in [6, 6.07) is 7.90. The molecule has 0 fully saturated rings. The Kier molecular flexibility index (Phi) is 6.73. The van der Waals surface area contributed by atoms with Crippen molar-refractivity contribution >= 4 is 46.7 Å². The molecule has 172 valence electrons. The van der Waals surface area contributed by atoms with Crippen molar-refractivity contribution < 1.29 is 22.4 Å². The highest BCUT2D eigenvalue weighted by Crippen LogP contribution is 2.34. The Morgan fingerprint density at radius 2 is 1.94 bits per heavy atom. The summed E-state index contributed by atoms with van der Waals surface area (Å²) in [6.45, 7) is 0. The molecule has 0 atom stereocenters. The van der Waals surface area contributed by atoms with Gasteiger partial charge in [0.05, 0.1) is 38.3 Å². The van der Waals surface area contributed by atoms with Gasteiger partial charge in [-0.3, -0.25) is 14.2 Å². The van der Waals surface area contributed by atoms with Crippen molar-refractivity contribution in [1.82, 2.24) is 9.55 Å². The van der Waals surface area contributed by atoms with E-state index in [0.717, 1.165) is 30.0 Å². The van der Waals surface area contributed by atoms with Crippen LogP contribution >= 0.6 is 35.1 Å². The Labute approximate surface area is 198 Å².